The molecule has 76 valence electrons. The monoisotopic (exact) mass is 199 g/mol. The Hall–Kier alpha value is -1.64. The Morgan fingerprint density at radius 1 is 1.33 bits per heavy atom. The molecular weight excluding hydrogens is 186 g/mol. The number of rotatable bonds is 1. The van der Waals surface area contributed by atoms with Gasteiger partial charge in [0.05, 0.1) is 5.69 Å². The Bertz CT molecular complexity index is 485. The van der Waals surface area contributed by atoms with Crippen molar-refractivity contribution in [1.82, 2.24) is 14.8 Å². The van der Waals surface area contributed by atoms with E-state index in [9.17, 15) is 0 Å². The lowest BCUT2D eigenvalue weighted by atomic mass is 10.1. The van der Waals surface area contributed by atoms with E-state index >= 15 is 0 Å². The van der Waals surface area contributed by atoms with E-state index in [1.54, 1.807) is 0 Å². The van der Waals surface area contributed by atoms with Crippen LogP contribution in [-0.2, 0) is 13.0 Å². The maximum atomic E-state index is 4.61. The van der Waals surface area contributed by atoms with Crippen molar-refractivity contribution < 1.29 is 0 Å². The summed E-state index contributed by atoms with van der Waals surface area (Å²) >= 11 is 0. The molecule has 15 heavy (non-hydrogen) atoms. The normalized spacial score (nSPS) is 14.2. The number of pyridine rings is 1. The van der Waals surface area contributed by atoms with Crippen LogP contribution >= 0.6 is 0 Å². The molecule has 1 aliphatic rings. The molecule has 0 fully saturated rings. The van der Waals surface area contributed by atoms with Crippen molar-refractivity contribution in [2.24, 2.45) is 0 Å². The van der Waals surface area contributed by atoms with Gasteiger partial charge in [-0.15, -0.1) is 0 Å². The quantitative estimate of drug-likeness (QED) is 0.705. The van der Waals surface area contributed by atoms with Crippen LogP contribution in [0, 0.1) is 6.92 Å². The van der Waals surface area contributed by atoms with E-state index < -0.39 is 0 Å². The summed E-state index contributed by atoms with van der Waals surface area (Å²) in [4.78, 5) is 4.35. The first-order chi connectivity index (χ1) is 7.36. The van der Waals surface area contributed by atoms with Crippen molar-refractivity contribution in [3.05, 3.63) is 35.7 Å². The van der Waals surface area contributed by atoms with E-state index in [1.807, 2.05) is 24.4 Å². The summed E-state index contributed by atoms with van der Waals surface area (Å²) < 4.78 is 2.12. The maximum absolute atomic E-state index is 4.61. The first-order valence-electron chi connectivity index (χ1n) is 5.34. The summed E-state index contributed by atoms with van der Waals surface area (Å²) in [5.41, 5.74) is 4.71. The molecule has 0 saturated carbocycles. The number of hydrogen-bond acceptors (Lipinski definition) is 2. The highest BCUT2D eigenvalue weighted by Gasteiger charge is 2.19. The third kappa shape index (κ3) is 1.27. The fourth-order valence-electron chi connectivity index (χ4n) is 2.23. The highest BCUT2D eigenvalue weighted by Crippen LogP contribution is 2.27. The van der Waals surface area contributed by atoms with Gasteiger partial charge in [0.1, 0.15) is 5.69 Å². The lowest BCUT2D eigenvalue weighted by molar-refractivity contribution is 0.658. The molecule has 0 atom stereocenters. The van der Waals surface area contributed by atoms with Gasteiger partial charge in [0.25, 0.3) is 0 Å². The fourth-order valence-corrected chi connectivity index (χ4v) is 2.23. The SMILES string of the molecule is Cc1c(-c2ccccn2)nn2c1CCC2. The smallest absolute Gasteiger partial charge is 0.114 e. The number of fused-ring (bicyclic) bond motifs is 1. The largest absolute Gasteiger partial charge is 0.269 e. The minimum atomic E-state index is 0.983. The Balaban J connectivity index is 2.14. The van der Waals surface area contributed by atoms with Gasteiger partial charge in [0.15, 0.2) is 0 Å². The zero-order chi connectivity index (χ0) is 10.3. The molecule has 0 radical (unpaired) electrons. The summed E-state index contributed by atoms with van der Waals surface area (Å²) in [5.74, 6) is 0. The number of aromatic nitrogens is 3. The van der Waals surface area contributed by atoms with Gasteiger partial charge in [-0.25, -0.2) is 0 Å². The lowest BCUT2D eigenvalue weighted by Gasteiger charge is -1.97. The maximum Gasteiger partial charge on any atom is 0.114 e. The second-order valence-corrected chi connectivity index (χ2v) is 3.96. The van der Waals surface area contributed by atoms with E-state index in [2.05, 4.69) is 21.7 Å². The summed E-state index contributed by atoms with van der Waals surface area (Å²) in [7, 11) is 0. The molecule has 2 aromatic rings. The number of nitrogens with zero attached hydrogens (tertiary/aromatic N) is 3. The molecule has 0 aromatic carbocycles. The van der Waals surface area contributed by atoms with Crippen molar-refractivity contribution in [1.29, 1.82) is 0 Å². The van der Waals surface area contributed by atoms with Crippen LogP contribution in [0.1, 0.15) is 17.7 Å². The van der Waals surface area contributed by atoms with Crippen molar-refractivity contribution in [2.75, 3.05) is 0 Å². The van der Waals surface area contributed by atoms with E-state index in [-0.39, 0.29) is 0 Å². The van der Waals surface area contributed by atoms with Crippen LogP contribution in [0.4, 0.5) is 0 Å². The van der Waals surface area contributed by atoms with Crippen molar-refractivity contribution in [2.45, 2.75) is 26.3 Å². The van der Waals surface area contributed by atoms with Gasteiger partial charge < -0.3 is 0 Å². The highest BCUT2D eigenvalue weighted by molar-refractivity contribution is 5.59. The van der Waals surface area contributed by atoms with Gasteiger partial charge in [-0.2, -0.15) is 5.10 Å². The predicted molar refractivity (Wildman–Crippen MR) is 58.5 cm³/mol. The molecular formula is C12H13N3. The van der Waals surface area contributed by atoms with Crippen molar-refractivity contribution in [3.8, 4) is 11.4 Å². The molecule has 3 heterocycles. The van der Waals surface area contributed by atoms with Gasteiger partial charge in [0.2, 0.25) is 0 Å². The zero-order valence-corrected chi connectivity index (χ0v) is 8.77. The highest BCUT2D eigenvalue weighted by atomic mass is 15.3. The van der Waals surface area contributed by atoms with Gasteiger partial charge in [-0.3, -0.25) is 9.67 Å². The van der Waals surface area contributed by atoms with E-state index in [4.69, 9.17) is 0 Å². The molecule has 0 aliphatic carbocycles. The summed E-state index contributed by atoms with van der Waals surface area (Å²) in [6.07, 6.45) is 4.20. The van der Waals surface area contributed by atoms with E-state index in [1.165, 1.54) is 17.7 Å². The van der Waals surface area contributed by atoms with E-state index in [0.717, 1.165) is 24.4 Å². The van der Waals surface area contributed by atoms with Crippen LogP contribution in [-0.4, -0.2) is 14.8 Å². The minimum absolute atomic E-state index is 0.983. The molecule has 3 rings (SSSR count). The third-order valence-electron chi connectivity index (χ3n) is 3.01. The molecule has 2 aromatic heterocycles. The molecule has 0 bridgehead atoms. The first kappa shape index (κ1) is 8.65. The minimum Gasteiger partial charge on any atom is -0.269 e. The van der Waals surface area contributed by atoms with Crippen LogP contribution in [0.2, 0.25) is 0 Å². The van der Waals surface area contributed by atoms with Crippen molar-refractivity contribution in [3.63, 3.8) is 0 Å². The topological polar surface area (TPSA) is 30.7 Å². The average molecular weight is 199 g/mol. The molecule has 1 aliphatic heterocycles. The average Bonchev–Trinajstić information content (AvgIpc) is 2.83. The predicted octanol–water partition coefficient (Wildman–Crippen LogP) is 2.20. The second-order valence-electron chi connectivity index (χ2n) is 3.96. The Morgan fingerprint density at radius 2 is 2.27 bits per heavy atom. The molecule has 0 spiro atoms. The molecule has 3 heteroatoms. The Labute approximate surface area is 88.8 Å². The molecule has 0 saturated heterocycles. The summed E-state index contributed by atoms with van der Waals surface area (Å²) in [5, 5.41) is 4.61. The van der Waals surface area contributed by atoms with Gasteiger partial charge in [-0.1, -0.05) is 6.07 Å². The molecule has 0 unspecified atom stereocenters. The lowest BCUT2D eigenvalue weighted by Crippen LogP contribution is -1.94. The van der Waals surface area contributed by atoms with Crippen molar-refractivity contribution >= 4 is 0 Å². The standard InChI is InChI=1S/C12H13N3/c1-9-11-6-4-8-15(11)14-12(9)10-5-2-3-7-13-10/h2-3,5,7H,4,6,8H2,1H3. The first-order valence-corrected chi connectivity index (χ1v) is 5.34. The van der Waals surface area contributed by atoms with Gasteiger partial charge in [0, 0.05) is 18.4 Å². The summed E-state index contributed by atoms with van der Waals surface area (Å²) in [6.45, 7) is 3.21. The van der Waals surface area contributed by atoms with Gasteiger partial charge >= 0.3 is 0 Å². The number of hydrogen-bond donors (Lipinski definition) is 0. The fraction of sp³-hybridized carbons (Fsp3) is 0.333. The summed E-state index contributed by atoms with van der Waals surface area (Å²) in [6, 6.07) is 5.96. The van der Waals surface area contributed by atoms with Gasteiger partial charge in [-0.05, 0) is 37.5 Å². The third-order valence-corrected chi connectivity index (χ3v) is 3.01. The Kier molecular flexibility index (Phi) is 1.84. The van der Waals surface area contributed by atoms with E-state index in [0.29, 0.717) is 0 Å². The van der Waals surface area contributed by atoms with Crippen LogP contribution in [0.25, 0.3) is 11.4 Å². The van der Waals surface area contributed by atoms with Crippen LogP contribution in [0.5, 0.6) is 0 Å². The van der Waals surface area contributed by atoms with Crippen LogP contribution < -0.4 is 0 Å². The Morgan fingerprint density at radius 3 is 3.00 bits per heavy atom. The van der Waals surface area contributed by atoms with Crippen LogP contribution in [0.3, 0.4) is 0 Å². The zero-order valence-electron chi connectivity index (χ0n) is 8.77. The second kappa shape index (κ2) is 3.19. The molecule has 0 N–H and O–H groups in total. The van der Waals surface area contributed by atoms with Crippen LogP contribution in [0.15, 0.2) is 24.4 Å². The number of aryl methyl sites for hydroxylation is 1. The molecule has 0 amide bonds. The molecule has 3 nitrogen and oxygen atoms in total.